The third-order valence-electron chi connectivity index (χ3n) is 3.95. The second-order valence-corrected chi connectivity index (χ2v) is 6.01. The molecule has 8 nitrogen and oxygen atoms in total. The van der Waals surface area contributed by atoms with Gasteiger partial charge < -0.3 is 24.3 Å². The Hall–Kier alpha value is -3.55. The SMILES string of the molecule is C[C@@H](OC(=O)COc1ccc(C=O)cc1)C(=O)NCc1ccc2c(c1)OCO2. The summed E-state index contributed by atoms with van der Waals surface area (Å²) in [6, 6.07) is 11.6. The lowest BCUT2D eigenvalue weighted by Gasteiger charge is -2.14. The minimum atomic E-state index is -0.970. The van der Waals surface area contributed by atoms with E-state index in [1.807, 2.05) is 6.07 Å². The summed E-state index contributed by atoms with van der Waals surface area (Å²) in [6.07, 6.45) is -0.260. The smallest absolute Gasteiger partial charge is 0.344 e. The molecule has 0 fully saturated rings. The highest BCUT2D eigenvalue weighted by atomic mass is 16.7. The lowest BCUT2D eigenvalue weighted by Crippen LogP contribution is -2.36. The van der Waals surface area contributed by atoms with Gasteiger partial charge in [-0.25, -0.2) is 4.79 Å². The molecule has 1 amide bonds. The van der Waals surface area contributed by atoms with Crippen LogP contribution in [-0.4, -0.2) is 37.7 Å². The van der Waals surface area contributed by atoms with Gasteiger partial charge in [0.2, 0.25) is 6.79 Å². The fourth-order valence-electron chi connectivity index (χ4n) is 2.45. The van der Waals surface area contributed by atoms with Crippen LogP contribution in [0, 0.1) is 0 Å². The van der Waals surface area contributed by atoms with Gasteiger partial charge >= 0.3 is 5.97 Å². The molecule has 1 heterocycles. The number of aldehydes is 1. The van der Waals surface area contributed by atoms with Crippen LogP contribution in [0.5, 0.6) is 17.2 Å². The molecule has 0 radical (unpaired) electrons. The largest absolute Gasteiger partial charge is 0.482 e. The van der Waals surface area contributed by atoms with Crippen LogP contribution in [0.1, 0.15) is 22.8 Å². The summed E-state index contributed by atoms with van der Waals surface area (Å²) in [5, 5.41) is 2.70. The summed E-state index contributed by atoms with van der Waals surface area (Å²) in [7, 11) is 0. The summed E-state index contributed by atoms with van der Waals surface area (Å²) in [5.74, 6) is 0.608. The van der Waals surface area contributed by atoms with Gasteiger partial charge in [0.15, 0.2) is 24.2 Å². The van der Waals surface area contributed by atoms with E-state index in [0.717, 1.165) is 5.56 Å². The molecule has 2 aromatic rings. The monoisotopic (exact) mass is 385 g/mol. The van der Waals surface area contributed by atoms with Gasteiger partial charge in [-0.3, -0.25) is 9.59 Å². The van der Waals surface area contributed by atoms with E-state index in [1.54, 1.807) is 36.4 Å². The number of rotatable bonds is 8. The van der Waals surface area contributed by atoms with E-state index in [4.69, 9.17) is 18.9 Å². The first-order chi connectivity index (χ1) is 13.5. The van der Waals surface area contributed by atoms with E-state index < -0.39 is 18.0 Å². The molecule has 28 heavy (non-hydrogen) atoms. The maximum absolute atomic E-state index is 12.1. The quantitative estimate of drug-likeness (QED) is 0.547. The molecule has 0 aliphatic carbocycles. The molecule has 0 aromatic heterocycles. The zero-order valence-corrected chi connectivity index (χ0v) is 15.2. The van der Waals surface area contributed by atoms with Crippen LogP contribution in [-0.2, 0) is 20.9 Å². The average Bonchev–Trinajstić information content (AvgIpc) is 3.18. The highest BCUT2D eigenvalue weighted by molar-refractivity contribution is 5.83. The van der Waals surface area contributed by atoms with E-state index in [2.05, 4.69) is 5.32 Å². The fraction of sp³-hybridized carbons (Fsp3) is 0.250. The van der Waals surface area contributed by atoms with Crippen LogP contribution in [0.4, 0.5) is 0 Å². The van der Waals surface area contributed by atoms with Crippen molar-refractivity contribution in [2.24, 2.45) is 0 Å². The minimum Gasteiger partial charge on any atom is -0.482 e. The molecule has 1 aliphatic rings. The summed E-state index contributed by atoms with van der Waals surface area (Å²) in [5.41, 5.74) is 1.33. The van der Waals surface area contributed by atoms with Crippen molar-refractivity contribution in [3.8, 4) is 17.2 Å². The molecule has 3 rings (SSSR count). The molecule has 1 aliphatic heterocycles. The summed E-state index contributed by atoms with van der Waals surface area (Å²) >= 11 is 0. The van der Waals surface area contributed by atoms with Crippen LogP contribution in [0.2, 0.25) is 0 Å². The van der Waals surface area contributed by atoms with E-state index in [1.165, 1.54) is 6.92 Å². The van der Waals surface area contributed by atoms with Crippen LogP contribution in [0.3, 0.4) is 0 Å². The predicted molar refractivity (Wildman–Crippen MR) is 97.3 cm³/mol. The number of carbonyl (C=O) groups is 3. The van der Waals surface area contributed by atoms with Crippen molar-refractivity contribution in [2.75, 3.05) is 13.4 Å². The molecule has 2 aromatic carbocycles. The van der Waals surface area contributed by atoms with Crippen molar-refractivity contribution in [2.45, 2.75) is 19.6 Å². The molecular formula is C20H19NO7. The Morgan fingerprint density at radius 3 is 2.64 bits per heavy atom. The van der Waals surface area contributed by atoms with Crippen molar-refractivity contribution < 1.29 is 33.3 Å². The number of nitrogens with one attached hydrogen (secondary N) is 1. The third-order valence-corrected chi connectivity index (χ3v) is 3.95. The predicted octanol–water partition coefficient (Wildman–Crippen LogP) is 1.85. The Balaban J connectivity index is 1.41. The number of hydrogen-bond donors (Lipinski definition) is 1. The van der Waals surface area contributed by atoms with Crippen LogP contribution < -0.4 is 19.5 Å². The molecule has 0 bridgehead atoms. The van der Waals surface area contributed by atoms with Gasteiger partial charge in [-0.1, -0.05) is 6.07 Å². The second-order valence-electron chi connectivity index (χ2n) is 6.01. The zero-order chi connectivity index (χ0) is 19.9. The zero-order valence-electron chi connectivity index (χ0n) is 15.2. The number of hydrogen-bond acceptors (Lipinski definition) is 7. The molecule has 0 saturated heterocycles. The molecule has 8 heteroatoms. The maximum atomic E-state index is 12.1. The number of benzene rings is 2. The Kier molecular flexibility index (Phi) is 6.11. The molecule has 1 N–H and O–H groups in total. The van der Waals surface area contributed by atoms with E-state index in [0.29, 0.717) is 29.1 Å². The van der Waals surface area contributed by atoms with Gasteiger partial charge in [0.1, 0.15) is 12.0 Å². The number of esters is 1. The average molecular weight is 385 g/mol. The molecule has 146 valence electrons. The fourth-order valence-corrected chi connectivity index (χ4v) is 2.45. The van der Waals surface area contributed by atoms with Gasteiger partial charge in [0, 0.05) is 12.1 Å². The van der Waals surface area contributed by atoms with E-state index >= 15 is 0 Å². The van der Waals surface area contributed by atoms with Crippen molar-refractivity contribution in [3.05, 3.63) is 53.6 Å². The number of carbonyl (C=O) groups excluding carboxylic acids is 3. The summed E-state index contributed by atoms with van der Waals surface area (Å²) in [6.45, 7) is 1.57. The second kappa shape index (κ2) is 8.90. The number of ether oxygens (including phenoxy) is 4. The standard InChI is InChI=1S/C20H19NO7/c1-13(28-19(23)11-25-16-5-2-14(10-22)3-6-16)20(24)21-9-15-4-7-17-18(8-15)27-12-26-17/h2-8,10,13H,9,11-12H2,1H3,(H,21,24)/t13-/m1/s1. The van der Waals surface area contributed by atoms with Crippen molar-refractivity contribution >= 4 is 18.2 Å². The topological polar surface area (TPSA) is 100 Å². The Bertz CT molecular complexity index is 863. The molecule has 0 saturated carbocycles. The van der Waals surface area contributed by atoms with Gasteiger partial charge in [-0.2, -0.15) is 0 Å². The summed E-state index contributed by atoms with van der Waals surface area (Å²) < 4.78 is 20.9. The number of fused-ring (bicyclic) bond motifs is 1. The van der Waals surface area contributed by atoms with Crippen LogP contribution >= 0.6 is 0 Å². The van der Waals surface area contributed by atoms with Gasteiger partial charge in [0.05, 0.1) is 0 Å². The molecule has 0 unspecified atom stereocenters. The van der Waals surface area contributed by atoms with Gasteiger partial charge in [-0.05, 0) is 48.9 Å². The maximum Gasteiger partial charge on any atom is 0.344 e. The van der Waals surface area contributed by atoms with E-state index in [9.17, 15) is 14.4 Å². The lowest BCUT2D eigenvalue weighted by molar-refractivity contribution is -0.156. The highest BCUT2D eigenvalue weighted by Crippen LogP contribution is 2.32. The Morgan fingerprint density at radius 2 is 1.89 bits per heavy atom. The first-order valence-electron chi connectivity index (χ1n) is 8.59. The van der Waals surface area contributed by atoms with Crippen molar-refractivity contribution in [1.29, 1.82) is 0 Å². The Labute approximate surface area is 161 Å². The highest BCUT2D eigenvalue weighted by Gasteiger charge is 2.19. The van der Waals surface area contributed by atoms with Crippen LogP contribution in [0.25, 0.3) is 0 Å². The molecular weight excluding hydrogens is 366 g/mol. The van der Waals surface area contributed by atoms with Gasteiger partial charge in [-0.15, -0.1) is 0 Å². The number of amides is 1. The normalized spacial score (nSPS) is 12.8. The minimum absolute atomic E-state index is 0.182. The molecule has 1 atom stereocenters. The van der Waals surface area contributed by atoms with Crippen LogP contribution in [0.15, 0.2) is 42.5 Å². The summed E-state index contributed by atoms with van der Waals surface area (Å²) in [4.78, 5) is 34.6. The first kappa shape index (κ1) is 19.2. The Morgan fingerprint density at radius 1 is 1.14 bits per heavy atom. The van der Waals surface area contributed by atoms with Crippen molar-refractivity contribution in [1.82, 2.24) is 5.32 Å². The van der Waals surface area contributed by atoms with E-state index in [-0.39, 0.29) is 19.9 Å². The van der Waals surface area contributed by atoms with Crippen molar-refractivity contribution in [3.63, 3.8) is 0 Å². The van der Waals surface area contributed by atoms with Gasteiger partial charge in [0.25, 0.3) is 5.91 Å². The first-order valence-corrected chi connectivity index (χ1v) is 8.59. The third kappa shape index (κ3) is 5.00. The molecule has 0 spiro atoms. The lowest BCUT2D eigenvalue weighted by atomic mass is 10.2.